The third kappa shape index (κ3) is 5.49. The lowest BCUT2D eigenvalue weighted by Gasteiger charge is -2.31. The molecule has 1 fully saturated rings. The third-order valence-corrected chi connectivity index (χ3v) is 5.66. The van der Waals surface area contributed by atoms with E-state index < -0.39 is 0 Å². The predicted molar refractivity (Wildman–Crippen MR) is 114 cm³/mol. The Bertz CT molecular complexity index is 1010. The molecule has 0 spiro atoms. The first-order valence-electron chi connectivity index (χ1n) is 10.5. The summed E-state index contributed by atoms with van der Waals surface area (Å²) in [7, 11) is 1.68. The molecule has 0 atom stereocenters. The molecule has 6 nitrogen and oxygen atoms in total. The highest BCUT2D eigenvalue weighted by molar-refractivity contribution is 5.91. The van der Waals surface area contributed by atoms with Gasteiger partial charge in [0.05, 0.1) is 12.8 Å². The minimum absolute atomic E-state index is 0.205. The average Bonchev–Trinajstić information content (AvgIpc) is 3.30. The van der Waals surface area contributed by atoms with E-state index in [-0.39, 0.29) is 23.4 Å². The van der Waals surface area contributed by atoms with E-state index in [4.69, 9.17) is 9.26 Å². The summed E-state index contributed by atoms with van der Waals surface area (Å²) >= 11 is 0. The molecule has 31 heavy (non-hydrogen) atoms. The number of aromatic nitrogens is 1. The van der Waals surface area contributed by atoms with Gasteiger partial charge in [-0.25, -0.2) is 4.39 Å². The summed E-state index contributed by atoms with van der Waals surface area (Å²) in [5.41, 5.74) is 2.88. The van der Waals surface area contributed by atoms with Gasteiger partial charge in [-0.2, -0.15) is 0 Å². The van der Waals surface area contributed by atoms with Crippen LogP contribution in [0.5, 0.6) is 5.75 Å². The molecule has 0 radical (unpaired) electrons. The highest BCUT2D eigenvalue weighted by Crippen LogP contribution is 2.28. The van der Waals surface area contributed by atoms with Gasteiger partial charge < -0.3 is 14.6 Å². The maximum absolute atomic E-state index is 13.0. The molecule has 1 N–H and O–H groups in total. The third-order valence-electron chi connectivity index (χ3n) is 5.66. The smallest absolute Gasteiger partial charge is 0.290 e. The zero-order valence-corrected chi connectivity index (χ0v) is 17.5. The summed E-state index contributed by atoms with van der Waals surface area (Å²) in [4.78, 5) is 14.8. The van der Waals surface area contributed by atoms with Crippen LogP contribution < -0.4 is 10.1 Å². The second kappa shape index (κ2) is 9.75. The first-order chi connectivity index (χ1) is 15.1. The van der Waals surface area contributed by atoms with Crippen LogP contribution in [0.2, 0.25) is 0 Å². The number of hydrogen-bond acceptors (Lipinski definition) is 5. The minimum atomic E-state index is -0.321. The van der Waals surface area contributed by atoms with Crippen molar-refractivity contribution in [2.45, 2.75) is 31.8 Å². The molecular weight excluding hydrogens is 397 g/mol. The Hall–Kier alpha value is -3.19. The zero-order valence-electron chi connectivity index (χ0n) is 17.5. The van der Waals surface area contributed by atoms with E-state index in [2.05, 4.69) is 27.5 Å². The second-order valence-electron chi connectivity index (χ2n) is 7.83. The van der Waals surface area contributed by atoms with Crippen LogP contribution in [-0.2, 0) is 13.1 Å². The first-order valence-corrected chi connectivity index (χ1v) is 10.5. The Labute approximate surface area is 181 Å². The van der Waals surface area contributed by atoms with Gasteiger partial charge in [0.2, 0.25) is 5.76 Å². The molecule has 1 amide bonds. The van der Waals surface area contributed by atoms with E-state index in [1.54, 1.807) is 25.3 Å². The van der Waals surface area contributed by atoms with E-state index >= 15 is 0 Å². The molecule has 7 heteroatoms. The first kappa shape index (κ1) is 21.1. The van der Waals surface area contributed by atoms with Crippen LogP contribution >= 0.6 is 0 Å². The predicted octanol–water partition coefficient (Wildman–Crippen LogP) is 4.13. The van der Waals surface area contributed by atoms with Crippen molar-refractivity contribution >= 4 is 5.91 Å². The molecule has 3 aromatic rings. The van der Waals surface area contributed by atoms with E-state index in [1.807, 2.05) is 12.1 Å². The lowest BCUT2D eigenvalue weighted by atomic mass is 9.93. The van der Waals surface area contributed by atoms with Crippen LogP contribution in [0, 0.1) is 5.82 Å². The largest absolute Gasteiger partial charge is 0.497 e. The van der Waals surface area contributed by atoms with E-state index in [0.29, 0.717) is 6.54 Å². The van der Waals surface area contributed by atoms with E-state index in [1.165, 1.54) is 17.7 Å². The van der Waals surface area contributed by atoms with Gasteiger partial charge in [-0.3, -0.25) is 9.69 Å². The maximum atomic E-state index is 13.0. The van der Waals surface area contributed by atoms with Crippen LogP contribution in [0.25, 0.3) is 0 Å². The molecule has 2 heterocycles. The molecular formula is C24H26FN3O3. The number of piperidine rings is 1. The van der Waals surface area contributed by atoms with Gasteiger partial charge in [-0.1, -0.05) is 29.4 Å². The number of hydrogen-bond donors (Lipinski definition) is 1. The Morgan fingerprint density at radius 1 is 1.16 bits per heavy atom. The fourth-order valence-electron chi connectivity index (χ4n) is 3.88. The molecule has 0 unspecified atom stereocenters. The highest BCUT2D eigenvalue weighted by atomic mass is 19.1. The standard InChI is InChI=1S/C24H26FN3O3/c1-30-21-4-2-3-18(13-21)16-28-11-9-19(10-12-28)22-14-23(31-27-22)24(29)26-15-17-5-7-20(25)8-6-17/h2-8,13-14,19H,9-12,15-16H2,1H3,(H,26,29). The van der Waals surface area contributed by atoms with Crippen LogP contribution in [0.3, 0.4) is 0 Å². The Morgan fingerprint density at radius 3 is 2.68 bits per heavy atom. The van der Waals surface area contributed by atoms with Crippen molar-refractivity contribution in [2.75, 3.05) is 20.2 Å². The molecule has 1 aliphatic heterocycles. The topological polar surface area (TPSA) is 67.6 Å². The Kier molecular flexibility index (Phi) is 6.62. The van der Waals surface area contributed by atoms with Gasteiger partial charge >= 0.3 is 0 Å². The molecule has 1 saturated heterocycles. The van der Waals surface area contributed by atoms with E-state index in [9.17, 15) is 9.18 Å². The van der Waals surface area contributed by atoms with Gasteiger partial charge in [-0.15, -0.1) is 0 Å². The minimum Gasteiger partial charge on any atom is -0.497 e. The van der Waals surface area contributed by atoms with Gasteiger partial charge in [0, 0.05) is 25.1 Å². The normalized spacial score (nSPS) is 15.0. The number of ether oxygens (including phenoxy) is 1. The number of benzene rings is 2. The van der Waals surface area contributed by atoms with Crippen molar-refractivity contribution in [1.82, 2.24) is 15.4 Å². The fraction of sp³-hybridized carbons (Fsp3) is 0.333. The van der Waals surface area contributed by atoms with Crippen molar-refractivity contribution in [3.05, 3.63) is 83.0 Å². The molecule has 162 valence electrons. The SMILES string of the molecule is COc1cccc(CN2CCC(c3cc(C(=O)NCc4ccc(F)cc4)on3)CC2)c1. The molecule has 1 aromatic heterocycles. The van der Waals surface area contributed by atoms with Gasteiger partial charge in [0.15, 0.2) is 0 Å². The molecule has 0 aliphatic carbocycles. The van der Waals surface area contributed by atoms with Crippen molar-refractivity contribution in [3.63, 3.8) is 0 Å². The van der Waals surface area contributed by atoms with E-state index in [0.717, 1.165) is 49.5 Å². The number of carbonyl (C=O) groups excluding carboxylic acids is 1. The molecule has 4 rings (SSSR count). The lowest BCUT2D eigenvalue weighted by molar-refractivity contribution is 0.0913. The number of nitrogens with zero attached hydrogens (tertiary/aromatic N) is 2. The summed E-state index contributed by atoms with van der Waals surface area (Å²) in [6.07, 6.45) is 1.93. The number of nitrogens with one attached hydrogen (secondary N) is 1. The molecule has 1 aliphatic rings. The van der Waals surface area contributed by atoms with Gasteiger partial charge in [0.25, 0.3) is 5.91 Å². The Morgan fingerprint density at radius 2 is 1.94 bits per heavy atom. The van der Waals surface area contributed by atoms with Crippen LogP contribution in [0.1, 0.15) is 46.1 Å². The summed E-state index contributed by atoms with van der Waals surface area (Å²) in [6.45, 7) is 3.11. The maximum Gasteiger partial charge on any atom is 0.290 e. The molecule has 2 aromatic carbocycles. The average molecular weight is 423 g/mol. The highest BCUT2D eigenvalue weighted by Gasteiger charge is 2.24. The zero-order chi connectivity index (χ0) is 21.6. The van der Waals surface area contributed by atoms with Crippen molar-refractivity contribution in [1.29, 1.82) is 0 Å². The monoisotopic (exact) mass is 423 g/mol. The Balaban J connectivity index is 1.27. The summed E-state index contributed by atoms with van der Waals surface area (Å²) in [6, 6.07) is 15.9. The summed E-state index contributed by atoms with van der Waals surface area (Å²) < 4.78 is 23.6. The quantitative estimate of drug-likeness (QED) is 0.619. The van der Waals surface area contributed by atoms with Crippen LogP contribution in [-0.4, -0.2) is 36.2 Å². The van der Waals surface area contributed by atoms with Crippen LogP contribution in [0.4, 0.5) is 4.39 Å². The number of likely N-dealkylation sites (tertiary alicyclic amines) is 1. The summed E-state index contributed by atoms with van der Waals surface area (Å²) in [5.74, 6) is 0.739. The lowest BCUT2D eigenvalue weighted by Crippen LogP contribution is -2.32. The van der Waals surface area contributed by atoms with Crippen molar-refractivity contribution in [3.8, 4) is 5.75 Å². The molecule has 0 bridgehead atoms. The summed E-state index contributed by atoms with van der Waals surface area (Å²) in [5, 5.41) is 6.92. The number of amides is 1. The van der Waals surface area contributed by atoms with Gasteiger partial charge in [0.1, 0.15) is 11.6 Å². The number of halogens is 1. The van der Waals surface area contributed by atoms with Crippen LogP contribution in [0.15, 0.2) is 59.1 Å². The number of methoxy groups -OCH3 is 1. The number of rotatable bonds is 7. The second-order valence-corrected chi connectivity index (χ2v) is 7.83. The molecule has 0 saturated carbocycles. The van der Waals surface area contributed by atoms with Crippen molar-refractivity contribution in [2.24, 2.45) is 0 Å². The van der Waals surface area contributed by atoms with Gasteiger partial charge in [-0.05, 0) is 61.3 Å². The number of carbonyl (C=O) groups is 1. The fourth-order valence-corrected chi connectivity index (χ4v) is 3.88. The van der Waals surface area contributed by atoms with Crippen molar-refractivity contribution < 1.29 is 18.4 Å².